The van der Waals surface area contributed by atoms with Crippen LogP contribution >= 0.6 is 34.8 Å². The number of nitrogens with one attached hydrogen (secondary N) is 2. The Morgan fingerprint density at radius 3 is 2.50 bits per heavy atom. The van der Waals surface area contributed by atoms with E-state index in [1.54, 1.807) is 0 Å². The Hall–Kier alpha value is -0.680. The van der Waals surface area contributed by atoms with E-state index in [2.05, 4.69) is 17.6 Å². The van der Waals surface area contributed by atoms with Gasteiger partial charge in [0, 0.05) is 19.2 Å². The number of hydrogen-bond acceptors (Lipinski definition) is 3. The molecule has 1 rings (SSSR count). The fourth-order valence-electron chi connectivity index (χ4n) is 1.40. The summed E-state index contributed by atoms with van der Waals surface area (Å²) in [6.07, 6.45) is 1.06. The van der Waals surface area contributed by atoms with E-state index < -0.39 is 0 Å². The van der Waals surface area contributed by atoms with Gasteiger partial charge in [0.25, 0.3) is 5.91 Å². The average molecular weight is 340 g/mol. The monoisotopic (exact) mass is 338 g/mol. The molecule has 1 aromatic carbocycles. The Kier molecular flexibility index (Phi) is 8.07. The van der Waals surface area contributed by atoms with Gasteiger partial charge in [0.05, 0.1) is 15.1 Å². The lowest BCUT2D eigenvalue weighted by Crippen LogP contribution is -2.35. The van der Waals surface area contributed by atoms with E-state index in [9.17, 15) is 4.79 Å². The number of benzene rings is 1. The first kappa shape index (κ1) is 17.4. The zero-order chi connectivity index (χ0) is 15.0. The molecule has 112 valence electrons. The standard InChI is InChI=1S/C13H17Cl3N2O2/c1-2-3-17-4-5-18-13(19)8-20-12-7-10(15)9(14)6-11(12)16/h6-7,17H,2-5,8H2,1H3,(H,18,19). The summed E-state index contributed by atoms with van der Waals surface area (Å²) in [7, 11) is 0. The SMILES string of the molecule is CCCNCCNC(=O)COc1cc(Cl)c(Cl)cc1Cl. The number of carbonyl (C=O) groups is 1. The van der Waals surface area contributed by atoms with Crippen LogP contribution in [0.1, 0.15) is 13.3 Å². The van der Waals surface area contributed by atoms with Crippen LogP contribution in [-0.2, 0) is 4.79 Å². The van der Waals surface area contributed by atoms with Crippen molar-refractivity contribution in [2.24, 2.45) is 0 Å². The van der Waals surface area contributed by atoms with Gasteiger partial charge >= 0.3 is 0 Å². The van der Waals surface area contributed by atoms with Crippen LogP contribution in [0.15, 0.2) is 12.1 Å². The largest absolute Gasteiger partial charge is 0.482 e. The van der Waals surface area contributed by atoms with E-state index >= 15 is 0 Å². The van der Waals surface area contributed by atoms with E-state index in [0.717, 1.165) is 19.5 Å². The highest BCUT2D eigenvalue weighted by atomic mass is 35.5. The molecule has 20 heavy (non-hydrogen) atoms. The molecule has 0 heterocycles. The number of rotatable bonds is 8. The number of halogens is 3. The fourth-order valence-corrected chi connectivity index (χ4v) is 1.99. The average Bonchev–Trinajstić information content (AvgIpc) is 2.41. The highest BCUT2D eigenvalue weighted by Crippen LogP contribution is 2.33. The Labute approximate surface area is 133 Å². The van der Waals surface area contributed by atoms with Crippen LogP contribution in [0.25, 0.3) is 0 Å². The molecule has 4 nitrogen and oxygen atoms in total. The minimum absolute atomic E-state index is 0.120. The van der Waals surface area contributed by atoms with Gasteiger partial charge in [0.1, 0.15) is 5.75 Å². The highest BCUT2D eigenvalue weighted by Gasteiger charge is 2.09. The Bertz CT molecular complexity index is 455. The van der Waals surface area contributed by atoms with Crippen molar-refractivity contribution in [3.05, 3.63) is 27.2 Å². The zero-order valence-corrected chi connectivity index (χ0v) is 13.4. The van der Waals surface area contributed by atoms with Gasteiger partial charge in [0.15, 0.2) is 6.61 Å². The van der Waals surface area contributed by atoms with E-state index in [-0.39, 0.29) is 12.5 Å². The number of amides is 1. The lowest BCUT2D eigenvalue weighted by atomic mass is 10.3. The van der Waals surface area contributed by atoms with Crippen molar-refractivity contribution >= 4 is 40.7 Å². The van der Waals surface area contributed by atoms with E-state index in [1.807, 2.05) is 0 Å². The molecule has 0 fully saturated rings. The molecule has 0 saturated carbocycles. The fraction of sp³-hybridized carbons (Fsp3) is 0.462. The van der Waals surface area contributed by atoms with Gasteiger partial charge in [-0.2, -0.15) is 0 Å². The van der Waals surface area contributed by atoms with Crippen LogP contribution in [-0.4, -0.2) is 32.1 Å². The van der Waals surface area contributed by atoms with Gasteiger partial charge in [-0.1, -0.05) is 41.7 Å². The summed E-state index contributed by atoms with van der Waals surface area (Å²) >= 11 is 17.6. The number of carbonyl (C=O) groups excluding carboxylic acids is 1. The lowest BCUT2D eigenvalue weighted by molar-refractivity contribution is -0.123. The first-order valence-corrected chi connectivity index (χ1v) is 7.42. The van der Waals surface area contributed by atoms with Crippen molar-refractivity contribution in [3.8, 4) is 5.75 Å². The predicted octanol–water partition coefficient (Wildman–Crippen LogP) is 3.14. The molecular weight excluding hydrogens is 323 g/mol. The smallest absolute Gasteiger partial charge is 0.257 e. The molecule has 0 unspecified atom stereocenters. The second-order valence-electron chi connectivity index (χ2n) is 4.09. The molecule has 0 radical (unpaired) electrons. The van der Waals surface area contributed by atoms with Crippen LogP contribution in [0.4, 0.5) is 0 Å². The van der Waals surface area contributed by atoms with Gasteiger partial charge in [-0.3, -0.25) is 4.79 Å². The summed E-state index contributed by atoms with van der Waals surface area (Å²) in [4.78, 5) is 11.5. The maximum atomic E-state index is 11.5. The van der Waals surface area contributed by atoms with Crippen LogP contribution in [0.3, 0.4) is 0 Å². The summed E-state index contributed by atoms with van der Waals surface area (Å²) in [6.45, 7) is 4.18. The highest BCUT2D eigenvalue weighted by molar-refractivity contribution is 6.43. The third-order valence-electron chi connectivity index (χ3n) is 2.38. The third kappa shape index (κ3) is 6.18. The molecular formula is C13H17Cl3N2O2. The molecule has 0 aliphatic heterocycles. The van der Waals surface area contributed by atoms with Crippen LogP contribution < -0.4 is 15.4 Å². The topological polar surface area (TPSA) is 50.4 Å². The van der Waals surface area contributed by atoms with E-state index in [0.29, 0.717) is 27.4 Å². The third-order valence-corrected chi connectivity index (χ3v) is 3.40. The Morgan fingerprint density at radius 2 is 1.80 bits per heavy atom. The summed E-state index contributed by atoms with van der Waals surface area (Å²) in [5, 5.41) is 6.90. The van der Waals surface area contributed by atoms with Gasteiger partial charge in [-0.25, -0.2) is 0 Å². The molecule has 1 aromatic rings. The molecule has 0 saturated heterocycles. The Morgan fingerprint density at radius 1 is 1.10 bits per heavy atom. The summed E-state index contributed by atoms with van der Waals surface area (Å²) in [5.41, 5.74) is 0. The van der Waals surface area contributed by atoms with Gasteiger partial charge < -0.3 is 15.4 Å². The molecule has 0 spiro atoms. The first-order valence-electron chi connectivity index (χ1n) is 6.29. The number of ether oxygens (including phenoxy) is 1. The molecule has 2 N–H and O–H groups in total. The van der Waals surface area contributed by atoms with Crippen molar-refractivity contribution in [1.29, 1.82) is 0 Å². The van der Waals surface area contributed by atoms with Crippen LogP contribution in [0.5, 0.6) is 5.75 Å². The molecule has 0 aliphatic rings. The van der Waals surface area contributed by atoms with Crippen molar-refractivity contribution < 1.29 is 9.53 Å². The summed E-state index contributed by atoms with van der Waals surface area (Å²) in [6, 6.07) is 2.97. The van der Waals surface area contributed by atoms with E-state index in [1.165, 1.54) is 12.1 Å². The van der Waals surface area contributed by atoms with Crippen molar-refractivity contribution in [2.45, 2.75) is 13.3 Å². The van der Waals surface area contributed by atoms with Crippen LogP contribution in [0.2, 0.25) is 15.1 Å². The van der Waals surface area contributed by atoms with Crippen molar-refractivity contribution in [1.82, 2.24) is 10.6 Å². The second kappa shape index (κ2) is 9.29. The molecule has 0 aliphatic carbocycles. The van der Waals surface area contributed by atoms with Gasteiger partial charge in [-0.05, 0) is 19.0 Å². The van der Waals surface area contributed by atoms with E-state index in [4.69, 9.17) is 39.5 Å². The number of hydrogen-bond donors (Lipinski definition) is 2. The second-order valence-corrected chi connectivity index (χ2v) is 5.31. The zero-order valence-electron chi connectivity index (χ0n) is 11.1. The minimum Gasteiger partial charge on any atom is -0.482 e. The summed E-state index contributed by atoms with van der Waals surface area (Å²) in [5.74, 6) is 0.116. The Balaban J connectivity index is 2.32. The summed E-state index contributed by atoms with van der Waals surface area (Å²) < 4.78 is 5.31. The molecule has 1 amide bonds. The van der Waals surface area contributed by atoms with Crippen LogP contribution in [0, 0.1) is 0 Å². The van der Waals surface area contributed by atoms with Crippen molar-refractivity contribution in [2.75, 3.05) is 26.2 Å². The minimum atomic E-state index is -0.217. The van der Waals surface area contributed by atoms with Gasteiger partial charge in [0.2, 0.25) is 0 Å². The molecule has 0 aromatic heterocycles. The molecule has 0 bridgehead atoms. The quantitative estimate of drug-likeness (QED) is 0.565. The first-order chi connectivity index (χ1) is 9.54. The predicted molar refractivity (Wildman–Crippen MR) is 83.1 cm³/mol. The van der Waals surface area contributed by atoms with Crippen molar-refractivity contribution in [3.63, 3.8) is 0 Å². The molecule has 0 atom stereocenters. The lowest BCUT2D eigenvalue weighted by Gasteiger charge is -2.10. The maximum Gasteiger partial charge on any atom is 0.257 e. The van der Waals surface area contributed by atoms with Gasteiger partial charge in [-0.15, -0.1) is 0 Å². The normalized spacial score (nSPS) is 10.4. The maximum absolute atomic E-state index is 11.5. The molecule has 7 heteroatoms.